The van der Waals surface area contributed by atoms with Crippen LogP contribution in [0.4, 0.5) is 4.39 Å². The molecule has 0 atom stereocenters. The third kappa shape index (κ3) is 4.52. The van der Waals surface area contributed by atoms with Crippen molar-refractivity contribution in [2.45, 2.75) is 17.5 Å². The van der Waals surface area contributed by atoms with Crippen LogP contribution in [0, 0.1) is 5.82 Å². The maximum atomic E-state index is 13.1. The Morgan fingerprint density at radius 1 is 1.07 bits per heavy atom. The van der Waals surface area contributed by atoms with Crippen molar-refractivity contribution in [2.24, 2.45) is 0 Å². The number of ether oxygens (including phenoxy) is 1. The molecule has 4 aromatic rings. The minimum atomic E-state index is -0.295. The quantitative estimate of drug-likeness (QED) is 0.404. The zero-order valence-electron chi connectivity index (χ0n) is 15.7. The molecule has 1 aromatic carbocycles. The third-order valence-electron chi connectivity index (χ3n) is 4.17. The second-order valence-corrected chi connectivity index (χ2v) is 7.07. The number of benzene rings is 1. The van der Waals surface area contributed by atoms with Gasteiger partial charge in [0.15, 0.2) is 11.0 Å². The lowest BCUT2D eigenvalue weighted by Gasteiger charge is -2.09. The number of aromatic nitrogens is 5. The molecule has 0 radical (unpaired) electrons. The molecule has 3 aromatic heterocycles. The summed E-state index contributed by atoms with van der Waals surface area (Å²) in [5, 5.41) is 9.44. The Balaban J connectivity index is 1.51. The Bertz CT molecular complexity index is 1070. The number of hydrogen-bond acceptors (Lipinski definition) is 7. The smallest absolute Gasteiger partial charge is 0.226 e. The number of pyridine rings is 1. The summed E-state index contributed by atoms with van der Waals surface area (Å²) in [6, 6.07) is 9.84. The molecule has 0 aliphatic heterocycles. The lowest BCUT2D eigenvalue weighted by Crippen LogP contribution is -2.07. The summed E-state index contributed by atoms with van der Waals surface area (Å²) < 4.78 is 25.9. The van der Waals surface area contributed by atoms with Gasteiger partial charge in [-0.15, -0.1) is 10.2 Å². The van der Waals surface area contributed by atoms with Crippen molar-refractivity contribution in [1.29, 1.82) is 0 Å². The van der Waals surface area contributed by atoms with Crippen molar-refractivity contribution in [2.75, 3.05) is 13.7 Å². The fourth-order valence-corrected chi connectivity index (χ4v) is 3.57. The standard InChI is InChI=1S/C20H18FN5O2S/c1-27-11-10-26-18(14-6-8-22-9-7-14)24-25-20(26)29-13-17-12-28-19(23-17)15-2-4-16(21)5-3-15/h2-9,12H,10-11,13H2,1H3. The van der Waals surface area contributed by atoms with Crippen molar-refractivity contribution in [3.05, 3.63) is 66.6 Å². The topological polar surface area (TPSA) is 78.9 Å². The van der Waals surface area contributed by atoms with Gasteiger partial charge in [-0.1, -0.05) is 11.8 Å². The summed E-state index contributed by atoms with van der Waals surface area (Å²) in [5.41, 5.74) is 2.43. The highest BCUT2D eigenvalue weighted by Crippen LogP contribution is 2.27. The molecule has 29 heavy (non-hydrogen) atoms. The minimum absolute atomic E-state index is 0.295. The number of hydrogen-bond donors (Lipinski definition) is 0. The summed E-state index contributed by atoms with van der Waals surface area (Å²) in [4.78, 5) is 8.53. The van der Waals surface area contributed by atoms with Gasteiger partial charge < -0.3 is 9.15 Å². The Morgan fingerprint density at radius 2 is 1.86 bits per heavy atom. The van der Waals surface area contributed by atoms with Crippen LogP contribution in [-0.2, 0) is 17.0 Å². The SMILES string of the molecule is COCCn1c(SCc2coc(-c3ccc(F)cc3)n2)nnc1-c1ccncc1. The molecule has 9 heteroatoms. The van der Waals surface area contributed by atoms with Gasteiger partial charge in [0.25, 0.3) is 0 Å². The van der Waals surface area contributed by atoms with Crippen LogP contribution in [0.5, 0.6) is 0 Å². The van der Waals surface area contributed by atoms with E-state index in [4.69, 9.17) is 9.15 Å². The Morgan fingerprint density at radius 3 is 2.62 bits per heavy atom. The summed E-state index contributed by atoms with van der Waals surface area (Å²) in [6.07, 6.45) is 5.05. The third-order valence-corrected chi connectivity index (χ3v) is 5.17. The van der Waals surface area contributed by atoms with Crippen molar-refractivity contribution in [1.82, 2.24) is 24.7 Å². The fourth-order valence-electron chi connectivity index (χ4n) is 2.73. The molecule has 4 rings (SSSR count). The molecule has 0 bridgehead atoms. The molecule has 0 saturated heterocycles. The Hall–Kier alpha value is -3.04. The molecular formula is C20H18FN5O2S. The van der Waals surface area contributed by atoms with Gasteiger partial charge in [0, 0.05) is 36.4 Å². The average molecular weight is 411 g/mol. The second kappa shape index (κ2) is 8.97. The first kappa shape index (κ1) is 19.3. The molecular weight excluding hydrogens is 393 g/mol. The number of nitrogens with zero attached hydrogens (tertiary/aromatic N) is 5. The summed E-state index contributed by atoms with van der Waals surface area (Å²) >= 11 is 1.51. The van der Waals surface area contributed by atoms with Gasteiger partial charge in [0.2, 0.25) is 5.89 Å². The van der Waals surface area contributed by atoms with Crippen molar-refractivity contribution in [3.63, 3.8) is 0 Å². The van der Waals surface area contributed by atoms with Crippen LogP contribution < -0.4 is 0 Å². The molecule has 0 unspecified atom stereocenters. The first-order valence-electron chi connectivity index (χ1n) is 8.90. The van der Waals surface area contributed by atoms with Gasteiger partial charge in [-0.3, -0.25) is 9.55 Å². The highest BCUT2D eigenvalue weighted by molar-refractivity contribution is 7.98. The molecule has 0 spiro atoms. The van der Waals surface area contributed by atoms with Crippen molar-refractivity contribution in [3.8, 4) is 22.8 Å². The van der Waals surface area contributed by atoms with Crippen LogP contribution >= 0.6 is 11.8 Å². The second-order valence-electron chi connectivity index (χ2n) is 6.13. The van der Waals surface area contributed by atoms with E-state index in [9.17, 15) is 4.39 Å². The zero-order valence-corrected chi connectivity index (χ0v) is 16.5. The van der Waals surface area contributed by atoms with Crippen LogP contribution in [-0.4, -0.2) is 38.4 Å². The average Bonchev–Trinajstić information content (AvgIpc) is 3.39. The van der Waals surface area contributed by atoms with E-state index in [1.54, 1.807) is 37.9 Å². The van der Waals surface area contributed by atoms with Crippen LogP contribution in [0.15, 0.2) is 64.6 Å². The Labute approximate surface area is 171 Å². The summed E-state index contributed by atoms with van der Waals surface area (Å²) in [5.74, 6) is 1.49. The molecule has 0 amide bonds. The monoisotopic (exact) mass is 411 g/mol. The van der Waals surface area contributed by atoms with Crippen LogP contribution in [0.3, 0.4) is 0 Å². The molecule has 0 saturated carbocycles. The van der Waals surface area contributed by atoms with E-state index in [1.807, 2.05) is 16.7 Å². The summed E-state index contributed by atoms with van der Waals surface area (Å²) in [6.45, 7) is 1.17. The zero-order chi connectivity index (χ0) is 20.1. The first-order valence-corrected chi connectivity index (χ1v) is 9.89. The molecule has 3 heterocycles. The lowest BCUT2D eigenvalue weighted by atomic mass is 10.2. The van der Waals surface area contributed by atoms with E-state index in [2.05, 4.69) is 20.2 Å². The Kier molecular flexibility index (Phi) is 5.97. The van der Waals surface area contributed by atoms with Gasteiger partial charge in [0.1, 0.15) is 12.1 Å². The van der Waals surface area contributed by atoms with Gasteiger partial charge in [-0.2, -0.15) is 0 Å². The van der Waals surface area contributed by atoms with E-state index in [1.165, 1.54) is 23.9 Å². The van der Waals surface area contributed by atoms with E-state index < -0.39 is 0 Å². The highest BCUT2D eigenvalue weighted by atomic mass is 32.2. The molecule has 7 nitrogen and oxygen atoms in total. The van der Waals surface area contributed by atoms with Crippen LogP contribution in [0.2, 0.25) is 0 Å². The van der Waals surface area contributed by atoms with Gasteiger partial charge in [0.05, 0.1) is 18.8 Å². The molecule has 0 N–H and O–H groups in total. The molecule has 148 valence electrons. The van der Waals surface area contributed by atoms with E-state index >= 15 is 0 Å². The predicted molar refractivity (Wildman–Crippen MR) is 107 cm³/mol. The van der Waals surface area contributed by atoms with Crippen LogP contribution in [0.1, 0.15) is 5.69 Å². The summed E-state index contributed by atoms with van der Waals surface area (Å²) in [7, 11) is 1.66. The maximum absolute atomic E-state index is 13.1. The van der Waals surface area contributed by atoms with E-state index in [-0.39, 0.29) is 5.82 Å². The highest BCUT2D eigenvalue weighted by Gasteiger charge is 2.15. The van der Waals surface area contributed by atoms with E-state index in [0.717, 1.165) is 27.8 Å². The number of halogens is 1. The number of methoxy groups -OCH3 is 1. The van der Waals surface area contributed by atoms with Gasteiger partial charge in [-0.25, -0.2) is 9.37 Å². The lowest BCUT2D eigenvalue weighted by molar-refractivity contribution is 0.185. The normalized spacial score (nSPS) is 11.1. The van der Waals surface area contributed by atoms with E-state index in [0.29, 0.717) is 24.8 Å². The molecule has 0 aliphatic carbocycles. The number of thioether (sulfide) groups is 1. The van der Waals surface area contributed by atoms with Crippen LogP contribution in [0.25, 0.3) is 22.8 Å². The van der Waals surface area contributed by atoms with Gasteiger partial charge in [-0.05, 0) is 36.4 Å². The number of oxazole rings is 1. The van der Waals surface area contributed by atoms with Crippen molar-refractivity contribution < 1.29 is 13.5 Å². The fraction of sp³-hybridized carbons (Fsp3) is 0.200. The largest absolute Gasteiger partial charge is 0.444 e. The minimum Gasteiger partial charge on any atom is -0.444 e. The molecule has 0 fully saturated rings. The predicted octanol–water partition coefficient (Wildman–Crippen LogP) is 4.07. The maximum Gasteiger partial charge on any atom is 0.226 e. The van der Waals surface area contributed by atoms with Gasteiger partial charge >= 0.3 is 0 Å². The van der Waals surface area contributed by atoms with Crippen molar-refractivity contribution >= 4 is 11.8 Å². The first-order chi connectivity index (χ1) is 14.2. The number of rotatable bonds is 8. The molecule has 0 aliphatic rings.